The van der Waals surface area contributed by atoms with Crippen molar-refractivity contribution in [2.75, 3.05) is 11.9 Å². The fourth-order valence-corrected chi connectivity index (χ4v) is 4.99. The lowest BCUT2D eigenvalue weighted by Crippen LogP contribution is -2.30. The molecule has 0 unspecified atom stereocenters. The highest BCUT2D eigenvalue weighted by Crippen LogP contribution is 2.27. The molecule has 0 fully saturated rings. The molecule has 1 heterocycles. The van der Waals surface area contributed by atoms with Crippen LogP contribution in [0.2, 0.25) is 10.0 Å². The van der Waals surface area contributed by atoms with Crippen molar-refractivity contribution in [3.8, 4) is 17.0 Å². The summed E-state index contributed by atoms with van der Waals surface area (Å²) in [5.41, 5.74) is 3.97. The molecular weight excluding hydrogens is 584 g/mol. The Bertz CT molecular complexity index is 1520. The molecule has 0 bridgehead atoms. The summed E-state index contributed by atoms with van der Waals surface area (Å²) in [7, 11) is 0. The first-order chi connectivity index (χ1) is 19.1. The SMILES string of the molecule is Cc1cc(NC(=O)NCCCn2c(-c3ccc(OC(F)(F)F)cc3)csc2=NCc2ccc(Cl)cc2)ccc1Cl. The number of ether oxygens (including phenoxy) is 1. The minimum atomic E-state index is -4.76. The third-order valence-corrected chi connectivity index (χ3v) is 7.33. The van der Waals surface area contributed by atoms with E-state index in [2.05, 4.69) is 15.4 Å². The maximum absolute atomic E-state index is 12.6. The van der Waals surface area contributed by atoms with Crippen LogP contribution < -0.4 is 20.2 Å². The largest absolute Gasteiger partial charge is 0.573 e. The van der Waals surface area contributed by atoms with Gasteiger partial charge in [-0.1, -0.05) is 35.3 Å². The molecule has 0 aliphatic rings. The zero-order valence-corrected chi connectivity index (χ0v) is 23.6. The molecule has 4 aromatic rings. The summed E-state index contributed by atoms with van der Waals surface area (Å²) in [5.74, 6) is -0.295. The summed E-state index contributed by atoms with van der Waals surface area (Å²) in [6.45, 7) is 3.18. The number of benzene rings is 3. The fraction of sp³-hybridized carbons (Fsp3) is 0.214. The predicted octanol–water partition coefficient (Wildman–Crippen LogP) is 8.04. The number of nitrogens with zero attached hydrogens (tertiary/aromatic N) is 2. The third kappa shape index (κ3) is 8.51. The Kier molecular flexibility index (Phi) is 9.78. The van der Waals surface area contributed by atoms with Crippen LogP contribution in [-0.2, 0) is 13.1 Å². The number of alkyl halides is 3. The molecule has 0 atom stereocenters. The molecular formula is C28H25Cl2F3N4O2S. The van der Waals surface area contributed by atoms with Gasteiger partial charge in [-0.15, -0.1) is 24.5 Å². The summed E-state index contributed by atoms with van der Waals surface area (Å²) < 4.78 is 43.7. The number of amides is 2. The number of aromatic nitrogens is 1. The van der Waals surface area contributed by atoms with E-state index in [0.29, 0.717) is 47.4 Å². The number of rotatable bonds is 9. The quantitative estimate of drug-likeness (QED) is 0.189. The maximum atomic E-state index is 12.6. The van der Waals surface area contributed by atoms with Crippen molar-refractivity contribution in [1.82, 2.24) is 9.88 Å². The van der Waals surface area contributed by atoms with E-state index in [9.17, 15) is 18.0 Å². The van der Waals surface area contributed by atoms with Crippen molar-refractivity contribution in [3.05, 3.63) is 98.1 Å². The van der Waals surface area contributed by atoms with Crippen LogP contribution in [-0.4, -0.2) is 23.5 Å². The van der Waals surface area contributed by atoms with E-state index >= 15 is 0 Å². The molecule has 1 aromatic heterocycles. The van der Waals surface area contributed by atoms with E-state index < -0.39 is 6.36 Å². The zero-order chi connectivity index (χ0) is 28.7. The molecule has 40 heavy (non-hydrogen) atoms. The average Bonchev–Trinajstić information content (AvgIpc) is 3.30. The smallest absolute Gasteiger partial charge is 0.406 e. The second kappa shape index (κ2) is 13.3. The van der Waals surface area contributed by atoms with Crippen molar-refractivity contribution >= 4 is 46.3 Å². The molecule has 0 aliphatic heterocycles. The van der Waals surface area contributed by atoms with Gasteiger partial charge >= 0.3 is 12.4 Å². The lowest BCUT2D eigenvalue weighted by molar-refractivity contribution is -0.274. The molecule has 2 amide bonds. The van der Waals surface area contributed by atoms with Crippen LogP contribution in [0, 0.1) is 6.92 Å². The second-order valence-corrected chi connectivity index (χ2v) is 10.4. The Morgan fingerprint density at radius 1 is 1.05 bits per heavy atom. The van der Waals surface area contributed by atoms with Gasteiger partial charge in [0.2, 0.25) is 0 Å². The monoisotopic (exact) mass is 608 g/mol. The van der Waals surface area contributed by atoms with Gasteiger partial charge < -0.3 is 19.9 Å². The van der Waals surface area contributed by atoms with E-state index in [0.717, 1.165) is 21.6 Å². The highest BCUT2D eigenvalue weighted by atomic mass is 35.5. The number of urea groups is 1. The fourth-order valence-electron chi connectivity index (χ4n) is 3.81. The molecule has 12 heteroatoms. The van der Waals surface area contributed by atoms with Crippen molar-refractivity contribution in [3.63, 3.8) is 0 Å². The molecule has 6 nitrogen and oxygen atoms in total. The van der Waals surface area contributed by atoms with Gasteiger partial charge in [-0.2, -0.15) is 0 Å². The van der Waals surface area contributed by atoms with Crippen LogP contribution in [0.5, 0.6) is 5.75 Å². The molecule has 2 N–H and O–H groups in total. The second-order valence-electron chi connectivity index (χ2n) is 8.77. The van der Waals surface area contributed by atoms with E-state index in [1.807, 2.05) is 29.0 Å². The number of anilines is 1. The number of carbonyl (C=O) groups excluding carboxylic acids is 1. The minimum Gasteiger partial charge on any atom is -0.406 e. The molecule has 0 aliphatic carbocycles. The van der Waals surface area contributed by atoms with Crippen LogP contribution in [0.1, 0.15) is 17.5 Å². The zero-order valence-electron chi connectivity index (χ0n) is 21.3. The van der Waals surface area contributed by atoms with Gasteiger partial charge in [0.25, 0.3) is 0 Å². The van der Waals surface area contributed by atoms with Gasteiger partial charge in [0, 0.05) is 34.2 Å². The Balaban J connectivity index is 1.47. The molecule has 0 saturated carbocycles. The van der Waals surface area contributed by atoms with Crippen molar-refractivity contribution in [2.45, 2.75) is 32.8 Å². The van der Waals surface area contributed by atoms with Crippen molar-refractivity contribution < 1.29 is 22.7 Å². The Morgan fingerprint density at radius 2 is 1.77 bits per heavy atom. The van der Waals surface area contributed by atoms with Crippen LogP contribution >= 0.6 is 34.5 Å². The van der Waals surface area contributed by atoms with Crippen LogP contribution in [0.15, 0.2) is 77.1 Å². The van der Waals surface area contributed by atoms with E-state index in [-0.39, 0.29) is 11.8 Å². The maximum Gasteiger partial charge on any atom is 0.573 e. The summed E-state index contributed by atoms with van der Waals surface area (Å²) in [4.78, 5) is 17.9. The lowest BCUT2D eigenvalue weighted by atomic mass is 10.1. The third-order valence-electron chi connectivity index (χ3n) is 5.75. The van der Waals surface area contributed by atoms with Crippen LogP contribution in [0.4, 0.5) is 23.7 Å². The predicted molar refractivity (Wildman–Crippen MR) is 153 cm³/mol. The molecule has 3 aromatic carbocycles. The lowest BCUT2D eigenvalue weighted by Gasteiger charge is -2.12. The molecule has 0 saturated heterocycles. The molecule has 0 spiro atoms. The summed E-state index contributed by atoms with van der Waals surface area (Å²) in [6, 6.07) is 18.0. The molecule has 4 rings (SSSR count). The molecule has 210 valence electrons. The van der Waals surface area contributed by atoms with Gasteiger partial charge in [0.15, 0.2) is 4.80 Å². The highest BCUT2D eigenvalue weighted by Gasteiger charge is 2.31. The summed E-state index contributed by atoms with van der Waals surface area (Å²) in [6.07, 6.45) is -4.18. The van der Waals surface area contributed by atoms with Crippen molar-refractivity contribution in [1.29, 1.82) is 0 Å². The van der Waals surface area contributed by atoms with E-state index in [4.69, 9.17) is 28.2 Å². The number of halogens is 5. The van der Waals surface area contributed by atoms with Gasteiger partial charge in [0.05, 0.1) is 12.2 Å². The minimum absolute atomic E-state index is 0.295. The Hall–Kier alpha value is -3.47. The number of hydrogen-bond donors (Lipinski definition) is 2. The van der Waals surface area contributed by atoms with Crippen molar-refractivity contribution in [2.24, 2.45) is 4.99 Å². The van der Waals surface area contributed by atoms with E-state index in [1.54, 1.807) is 42.5 Å². The number of thiazole rings is 1. The number of nitrogens with one attached hydrogen (secondary N) is 2. The highest BCUT2D eigenvalue weighted by molar-refractivity contribution is 7.07. The first kappa shape index (κ1) is 29.5. The number of aryl methyl sites for hydroxylation is 1. The summed E-state index contributed by atoms with van der Waals surface area (Å²) in [5, 5.41) is 8.79. The Morgan fingerprint density at radius 3 is 2.45 bits per heavy atom. The molecule has 0 radical (unpaired) electrons. The summed E-state index contributed by atoms with van der Waals surface area (Å²) >= 11 is 13.4. The van der Waals surface area contributed by atoms with Gasteiger partial charge in [-0.05, 0) is 84.6 Å². The normalized spacial score (nSPS) is 11.9. The standard InChI is InChI=1S/C28H25Cl2F3N4O2S/c1-18-15-22(9-12-24(18)30)36-26(38)34-13-2-14-37-25(20-5-10-23(11-6-20)39-28(31,32)33)17-40-27(37)35-16-19-3-7-21(29)8-4-19/h3-12,15,17H,2,13-14,16H2,1H3,(H2,34,36,38). The Labute approximate surface area is 243 Å². The number of carbonyl (C=O) groups is 1. The topological polar surface area (TPSA) is 67.7 Å². The first-order valence-corrected chi connectivity index (χ1v) is 13.8. The van der Waals surface area contributed by atoms with Crippen LogP contribution in [0.25, 0.3) is 11.3 Å². The average molecular weight is 610 g/mol. The van der Waals surface area contributed by atoms with Gasteiger partial charge in [0.1, 0.15) is 5.75 Å². The van der Waals surface area contributed by atoms with E-state index in [1.165, 1.54) is 23.5 Å². The first-order valence-electron chi connectivity index (χ1n) is 12.2. The number of hydrogen-bond acceptors (Lipinski definition) is 4. The van der Waals surface area contributed by atoms with Gasteiger partial charge in [-0.25, -0.2) is 4.79 Å². The van der Waals surface area contributed by atoms with Crippen LogP contribution in [0.3, 0.4) is 0 Å². The van der Waals surface area contributed by atoms with Gasteiger partial charge in [-0.3, -0.25) is 4.99 Å².